The van der Waals surface area contributed by atoms with Gasteiger partial charge in [-0.15, -0.1) is 0 Å². The molecular weight excluding hydrogens is 389 g/mol. The third-order valence-corrected chi connectivity index (χ3v) is 9.78. The number of rotatable bonds is 2. The van der Waals surface area contributed by atoms with Gasteiger partial charge >= 0.3 is 15.6 Å². The van der Waals surface area contributed by atoms with Crippen molar-refractivity contribution in [2.75, 3.05) is 0 Å². The molecule has 3 saturated carbocycles. The summed E-state index contributed by atoms with van der Waals surface area (Å²) in [6.07, 6.45) is 10.1. The summed E-state index contributed by atoms with van der Waals surface area (Å²) in [7, 11) is -5.59. The molecule has 0 spiro atoms. The quantitative estimate of drug-likeness (QED) is 0.405. The van der Waals surface area contributed by atoms with E-state index >= 15 is 0 Å². The molecule has 0 saturated heterocycles. The lowest BCUT2D eigenvalue weighted by Crippen LogP contribution is -2.52. The van der Waals surface area contributed by atoms with Crippen LogP contribution in [0.1, 0.15) is 72.1 Å². The molecule has 0 radical (unpaired) electrons. The molecule has 0 bridgehead atoms. The van der Waals surface area contributed by atoms with Crippen LogP contribution in [0.2, 0.25) is 0 Å². The zero-order chi connectivity index (χ0) is 20.5. The van der Waals surface area contributed by atoms with E-state index < -0.39 is 15.6 Å². The zero-order valence-corrected chi connectivity index (χ0v) is 17.7. The molecule has 0 heterocycles. The molecule has 0 unspecified atom stereocenters. The molecular formula is C21H31F3O3S. The molecule has 4 rings (SSSR count). The second-order valence-corrected chi connectivity index (χ2v) is 11.9. The molecule has 0 N–H and O–H groups in total. The summed E-state index contributed by atoms with van der Waals surface area (Å²) in [5, 5.41) is 0. The maximum absolute atomic E-state index is 12.7. The van der Waals surface area contributed by atoms with Gasteiger partial charge < -0.3 is 4.18 Å². The lowest BCUT2D eigenvalue weighted by atomic mass is 9.45. The summed E-state index contributed by atoms with van der Waals surface area (Å²) in [6.45, 7) is 6.86. The first-order chi connectivity index (χ1) is 12.9. The lowest BCUT2D eigenvalue weighted by Gasteiger charge is -2.60. The average Bonchev–Trinajstić information content (AvgIpc) is 2.89. The minimum Gasteiger partial charge on any atom is -0.381 e. The number of allylic oxidation sites excluding steroid dienone is 2. The van der Waals surface area contributed by atoms with Crippen molar-refractivity contribution in [1.29, 1.82) is 0 Å². The zero-order valence-electron chi connectivity index (χ0n) is 16.9. The van der Waals surface area contributed by atoms with Gasteiger partial charge in [0.1, 0.15) is 5.76 Å². The van der Waals surface area contributed by atoms with E-state index in [1.165, 1.54) is 25.7 Å². The van der Waals surface area contributed by atoms with Crippen LogP contribution >= 0.6 is 0 Å². The Morgan fingerprint density at radius 3 is 2.46 bits per heavy atom. The topological polar surface area (TPSA) is 43.4 Å². The molecule has 7 heteroatoms. The SMILES string of the molecule is C[C@H]1CC[C@]2(C)[C@H](CC[C@H]3[C@H]2CC[C@@]2(C)C=C(OS(=O)(=O)C(F)(F)F)C[C@H]32)C1. The highest BCUT2D eigenvalue weighted by Gasteiger charge is 2.58. The molecule has 0 amide bonds. The van der Waals surface area contributed by atoms with Crippen molar-refractivity contribution in [3.05, 3.63) is 11.8 Å². The van der Waals surface area contributed by atoms with Crippen LogP contribution in [-0.4, -0.2) is 13.9 Å². The van der Waals surface area contributed by atoms with Gasteiger partial charge in [0.2, 0.25) is 0 Å². The first kappa shape index (κ1) is 20.5. The fourth-order valence-corrected chi connectivity index (χ4v) is 7.77. The molecule has 4 aliphatic carbocycles. The number of fused-ring (bicyclic) bond motifs is 5. The third-order valence-electron chi connectivity index (χ3n) is 8.78. The molecule has 3 nitrogen and oxygen atoms in total. The predicted octanol–water partition coefficient (Wildman–Crippen LogP) is 6.03. The Hall–Kier alpha value is -0.720. The summed E-state index contributed by atoms with van der Waals surface area (Å²) in [4.78, 5) is 0. The summed E-state index contributed by atoms with van der Waals surface area (Å²) in [6, 6.07) is 0. The van der Waals surface area contributed by atoms with Gasteiger partial charge in [-0.3, -0.25) is 0 Å². The van der Waals surface area contributed by atoms with E-state index in [2.05, 4.69) is 25.0 Å². The fourth-order valence-electron chi connectivity index (χ4n) is 7.27. The third kappa shape index (κ3) is 3.10. The number of hydrogen-bond donors (Lipinski definition) is 0. The van der Waals surface area contributed by atoms with Gasteiger partial charge in [0.25, 0.3) is 0 Å². The van der Waals surface area contributed by atoms with Crippen LogP contribution in [0.3, 0.4) is 0 Å². The first-order valence-corrected chi connectivity index (χ1v) is 12.0. The molecule has 0 aliphatic heterocycles. The largest absolute Gasteiger partial charge is 0.534 e. The van der Waals surface area contributed by atoms with Crippen LogP contribution in [0.4, 0.5) is 13.2 Å². The normalized spacial score (nSPS) is 46.2. The summed E-state index contributed by atoms with van der Waals surface area (Å²) in [5.41, 5.74) is -5.32. The molecule has 7 atom stereocenters. The van der Waals surface area contributed by atoms with Crippen molar-refractivity contribution in [2.45, 2.75) is 77.6 Å². The molecule has 0 aromatic rings. The number of alkyl halides is 3. The molecule has 0 aromatic carbocycles. The Morgan fingerprint density at radius 2 is 1.79 bits per heavy atom. The second-order valence-electron chi connectivity index (χ2n) is 10.4. The molecule has 0 aromatic heterocycles. The molecule has 28 heavy (non-hydrogen) atoms. The standard InChI is InChI=1S/C21H31F3O3S/c1-13-6-9-20(3)14(10-13)4-5-16-17(20)7-8-19(2)12-15(11-18(16)19)27-28(25,26)21(22,23)24/h12-14,16-18H,4-11H2,1-3H3/t13-,14+,16-,17+,18+,19-,20+/m0/s1. The predicted molar refractivity (Wildman–Crippen MR) is 100 cm³/mol. The molecule has 160 valence electrons. The minimum atomic E-state index is -5.59. The lowest BCUT2D eigenvalue weighted by molar-refractivity contribution is -0.105. The summed E-state index contributed by atoms with van der Waals surface area (Å²) < 4.78 is 65.8. The van der Waals surface area contributed by atoms with Gasteiger partial charge in [-0.1, -0.05) is 27.2 Å². The van der Waals surface area contributed by atoms with Crippen molar-refractivity contribution in [2.24, 2.45) is 40.4 Å². The number of hydrogen-bond acceptors (Lipinski definition) is 3. The maximum atomic E-state index is 12.7. The van der Waals surface area contributed by atoms with Crippen molar-refractivity contribution >= 4 is 10.1 Å². The van der Waals surface area contributed by atoms with Crippen molar-refractivity contribution in [3.63, 3.8) is 0 Å². The molecule has 4 aliphatic rings. The van der Waals surface area contributed by atoms with E-state index in [9.17, 15) is 21.6 Å². The highest BCUT2D eigenvalue weighted by atomic mass is 32.2. The van der Waals surface area contributed by atoms with Gasteiger partial charge in [0, 0.05) is 6.42 Å². The van der Waals surface area contributed by atoms with Crippen LogP contribution in [0.25, 0.3) is 0 Å². The average molecular weight is 421 g/mol. The number of halogens is 3. The van der Waals surface area contributed by atoms with Crippen molar-refractivity contribution in [1.82, 2.24) is 0 Å². The van der Waals surface area contributed by atoms with E-state index in [-0.39, 0.29) is 17.1 Å². The Kier molecular flexibility index (Phi) is 4.69. The van der Waals surface area contributed by atoms with Crippen LogP contribution in [0.15, 0.2) is 11.8 Å². The highest BCUT2D eigenvalue weighted by Crippen LogP contribution is 2.66. The monoisotopic (exact) mass is 420 g/mol. The minimum absolute atomic E-state index is 0.00461. The van der Waals surface area contributed by atoms with Gasteiger partial charge in [0.15, 0.2) is 0 Å². The van der Waals surface area contributed by atoms with E-state index in [0.29, 0.717) is 23.7 Å². The Bertz CT molecular complexity index is 774. The highest BCUT2D eigenvalue weighted by molar-refractivity contribution is 7.87. The fraction of sp³-hybridized carbons (Fsp3) is 0.905. The van der Waals surface area contributed by atoms with E-state index in [0.717, 1.165) is 31.1 Å². The summed E-state index contributed by atoms with van der Waals surface area (Å²) in [5.74, 6) is 2.74. The van der Waals surface area contributed by atoms with Gasteiger partial charge in [-0.2, -0.15) is 21.6 Å². The van der Waals surface area contributed by atoms with Crippen LogP contribution in [0, 0.1) is 40.4 Å². The Morgan fingerprint density at radius 1 is 1.07 bits per heavy atom. The van der Waals surface area contributed by atoms with E-state index in [4.69, 9.17) is 0 Å². The van der Waals surface area contributed by atoms with Gasteiger partial charge in [-0.05, 0) is 85.0 Å². The molecule has 3 fully saturated rings. The smallest absolute Gasteiger partial charge is 0.381 e. The van der Waals surface area contributed by atoms with Crippen LogP contribution in [-0.2, 0) is 14.3 Å². The first-order valence-electron chi connectivity index (χ1n) is 10.6. The summed E-state index contributed by atoms with van der Waals surface area (Å²) >= 11 is 0. The Balaban J connectivity index is 1.55. The Labute approximate surface area is 166 Å². The van der Waals surface area contributed by atoms with Crippen LogP contribution in [0.5, 0.6) is 0 Å². The second kappa shape index (κ2) is 6.39. The van der Waals surface area contributed by atoms with Crippen molar-refractivity contribution in [3.8, 4) is 0 Å². The van der Waals surface area contributed by atoms with E-state index in [1.54, 1.807) is 6.08 Å². The van der Waals surface area contributed by atoms with Crippen molar-refractivity contribution < 1.29 is 25.8 Å². The van der Waals surface area contributed by atoms with Gasteiger partial charge in [0.05, 0.1) is 0 Å². The van der Waals surface area contributed by atoms with Gasteiger partial charge in [-0.25, -0.2) is 0 Å². The van der Waals surface area contributed by atoms with Crippen LogP contribution < -0.4 is 0 Å². The van der Waals surface area contributed by atoms with E-state index in [1.807, 2.05) is 0 Å². The maximum Gasteiger partial charge on any atom is 0.534 e.